The highest BCUT2D eigenvalue weighted by Crippen LogP contribution is 2.26. The molecule has 0 saturated heterocycles. The number of nitrogens with two attached hydrogens (primary N) is 1. The van der Waals surface area contributed by atoms with Gasteiger partial charge in [0.05, 0.1) is 28.8 Å². The molecule has 0 atom stereocenters. The first kappa shape index (κ1) is 13.8. The van der Waals surface area contributed by atoms with Crippen molar-refractivity contribution in [2.45, 2.75) is 6.92 Å². The van der Waals surface area contributed by atoms with Crippen LogP contribution in [0.15, 0.2) is 34.9 Å². The van der Waals surface area contributed by atoms with Crippen molar-refractivity contribution >= 4 is 44.8 Å². The average molecular weight is 341 g/mol. The molecule has 3 N–H and O–H groups in total. The molecule has 1 aromatic heterocycles. The monoisotopic (exact) mass is 339 g/mol. The van der Waals surface area contributed by atoms with E-state index in [0.29, 0.717) is 27.7 Å². The summed E-state index contributed by atoms with van der Waals surface area (Å²) < 4.78 is 0.750. The van der Waals surface area contributed by atoms with E-state index in [1.807, 2.05) is 0 Å². The molecule has 0 fully saturated rings. The molecule has 1 aromatic carbocycles. The van der Waals surface area contributed by atoms with Gasteiger partial charge in [-0.3, -0.25) is 9.78 Å². The van der Waals surface area contributed by atoms with Crippen LogP contribution in [-0.2, 0) is 0 Å². The van der Waals surface area contributed by atoms with Crippen LogP contribution in [0, 0.1) is 6.92 Å². The fraction of sp³-hybridized carbons (Fsp3) is 0.0769. The van der Waals surface area contributed by atoms with Crippen molar-refractivity contribution in [2.24, 2.45) is 0 Å². The summed E-state index contributed by atoms with van der Waals surface area (Å²) in [4.78, 5) is 16.2. The van der Waals surface area contributed by atoms with Gasteiger partial charge in [0.1, 0.15) is 0 Å². The SMILES string of the molecule is Cc1ncc(N)cc1C(=O)Nc1cc(Cl)ccc1Br. The van der Waals surface area contributed by atoms with Gasteiger partial charge in [0, 0.05) is 9.50 Å². The van der Waals surface area contributed by atoms with Crippen LogP contribution in [0.1, 0.15) is 16.1 Å². The summed E-state index contributed by atoms with van der Waals surface area (Å²) in [5.74, 6) is -0.278. The molecule has 0 unspecified atom stereocenters. The molecule has 0 aliphatic carbocycles. The van der Waals surface area contributed by atoms with Gasteiger partial charge in [0.25, 0.3) is 5.91 Å². The predicted molar refractivity (Wildman–Crippen MR) is 80.5 cm³/mol. The molecule has 0 aliphatic heterocycles. The lowest BCUT2D eigenvalue weighted by molar-refractivity contribution is 0.102. The van der Waals surface area contributed by atoms with Crippen molar-refractivity contribution in [2.75, 3.05) is 11.1 Å². The molecule has 19 heavy (non-hydrogen) atoms. The summed E-state index contributed by atoms with van der Waals surface area (Å²) in [6, 6.07) is 6.76. The van der Waals surface area contributed by atoms with Crippen LogP contribution in [0.4, 0.5) is 11.4 Å². The highest BCUT2D eigenvalue weighted by Gasteiger charge is 2.12. The zero-order valence-corrected chi connectivity index (χ0v) is 12.4. The number of benzene rings is 1. The molecule has 4 nitrogen and oxygen atoms in total. The van der Waals surface area contributed by atoms with Gasteiger partial charge in [-0.2, -0.15) is 0 Å². The molecular formula is C13H11BrClN3O. The van der Waals surface area contributed by atoms with Gasteiger partial charge in [-0.15, -0.1) is 0 Å². The summed E-state index contributed by atoms with van der Waals surface area (Å²) >= 11 is 9.25. The first-order chi connectivity index (χ1) is 8.97. The van der Waals surface area contributed by atoms with Crippen LogP contribution in [0.25, 0.3) is 0 Å². The zero-order chi connectivity index (χ0) is 14.0. The van der Waals surface area contributed by atoms with E-state index >= 15 is 0 Å². The Kier molecular flexibility index (Phi) is 4.07. The lowest BCUT2D eigenvalue weighted by Crippen LogP contribution is -2.15. The van der Waals surface area contributed by atoms with Gasteiger partial charge in [0.15, 0.2) is 0 Å². The summed E-state index contributed by atoms with van der Waals surface area (Å²) in [5.41, 5.74) is 7.73. The van der Waals surface area contributed by atoms with Gasteiger partial charge in [-0.1, -0.05) is 11.6 Å². The van der Waals surface area contributed by atoms with E-state index in [2.05, 4.69) is 26.2 Å². The second-order valence-corrected chi connectivity index (χ2v) is 5.27. The summed E-state index contributed by atoms with van der Waals surface area (Å²) in [6.45, 7) is 1.75. The third-order valence-electron chi connectivity index (χ3n) is 2.53. The van der Waals surface area contributed by atoms with Crippen LogP contribution in [-0.4, -0.2) is 10.9 Å². The van der Waals surface area contributed by atoms with E-state index in [0.717, 1.165) is 4.47 Å². The van der Waals surface area contributed by atoms with Crippen LogP contribution < -0.4 is 11.1 Å². The Morgan fingerprint density at radius 1 is 1.42 bits per heavy atom. The van der Waals surface area contributed by atoms with Crippen LogP contribution in [0.5, 0.6) is 0 Å². The highest BCUT2D eigenvalue weighted by atomic mass is 79.9. The molecule has 0 radical (unpaired) electrons. The number of amides is 1. The van der Waals surface area contributed by atoms with Crippen molar-refractivity contribution in [3.63, 3.8) is 0 Å². The Hall–Kier alpha value is -1.59. The molecule has 6 heteroatoms. The first-order valence-corrected chi connectivity index (χ1v) is 6.63. The molecular weight excluding hydrogens is 330 g/mol. The fourth-order valence-corrected chi connectivity index (χ4v) is 2.08. The number of halogens is 2. The number of aryl methyl sites for hydroxylation is 1. The lowest BCUT2D eigenvalue weighted by Gasteiger charge is -2.09. The average Bonchev–Trinajstić information content (AvgIpc) is 2.36. The van der Waals surface area contributed by atoms with Gasteiger partial charge < -0.3 is 11.1 Å². The van der Waals surface area contributed by atoms with Crippen molar-refractivity contribution in [1.82, 2.24) is 4.98 Å². The van der Waals surface area contributed by atoms with Crippen molar-refractivity contribution in [1.29, 1.82) is 0 Å². The Morgan fingerprint density at radius 2 is 2.16 bits per heavy atom. The molecule has 0 bridgehead atoms. The fourth-order valence-electron chi connectivity index (χ4n) is 1.56. The molecule has 98 valence electrons. The Labute approximate surface area is 124 Å². The Morgan fingerprint density at radius 3 is 2.89 bits per heavy atom. The number of carbonyl (C=O) groups is 1. The third kappa shape index (κ3) is 3.24. The maximum atomic E-state index is 12.2. The molecule has 1 amide bonds. The largest absolute Gasteiger partial charge is 0.397 e. The van der Waals surface area contributed by atoms with Gasteiger partial charge in [-0.25, -0.2) is 0 Å². The second kappa shape index (κ2) is 5.59. The van der Waals surface area contributed by atoms with Crippen molar-refractivity contribution < 1.29 is 4.79 Å². The van der Waals surface area contributed by atoms with E-state index in [1.54, 1.807) is 31.2 Å². The van der Waals surface area contributed by atoms with Crippen molar-refractivity contribution in [3.05, 3.63) is 51.2 Å². The van der Waals surface area contributed by atoms with E-state index in [1.165, 1.54) is 6.20 Å². The van der Waals surface area contributed by atoms with Gasteiger partial charge >= 0.3 is 0 Å². The number of anilines is 2. The second-order valence-electron chi connectivity index (χ2n) is 3.98. The Bertz CT molecular complexity index is 646. The molecule has 2 rings (SSSR count). The normalized spacial score (nSPS) is 10.3. The van der Waals surface area contributed by atoms with E-state index in [-0.39, 0.29) is 5.91 Å². The number of nitrogens with zero attached hydrogens (tertiary/aromatic N) is 1. The Balaban J connectivity index is 2.30. The molecule has 2 aromatic rings. The van der Waals surface area contributed by atoms with Gasteiger partial charge in [-0.05, 0) is 47.1 Å². The maximum absolute atomic E-state index is 12.2. The van der Waals surface area contributed by atoms with Crippen LogP contribution >= 0.6 is 27.5 Å². The molecule has 0 saturated carbocycles. The zero-order valence-electron chi connectivity index (χ0n) is 10.1. The topological polar surface area (TPSA) is 68.0 Å². The van der Waals surface area contributed by atoms with Crippen LogP contribution in [0.3, 0.4) is 0 Å². The van der Waals surface area contributed by atoms with Crippen molar-refractivity contribution in [3.8, 4) is 0 Å². The highest BCUT2D eigenvalue weighted by molar-refractivity contribution is 9.10. The standard InChI is InChI=1S/C13H11BrClN3O/c1-7-10(5-9(16)6-17-7)13(19)18-12-4-8(15)2-3-11(12)14/h2-6H,16H2,1H3,(H,18,19). The number of aromatic nitrogens is 1. The quantitative estimate of drug-likeness (QED) is 0.877. The minimum atomic E-state index is -0.278. The number of hydrogen-bond donors (Lipinski definition) is 2. The van der Waals surface area contributed by atoms with Crippen LogP contribution in [0.2, 0.25) is 5.02 Å². The van der Waals surface area contributed by atoms with E-state index in [9.17, 15) is 4.79 Å². The number of carbonyl (C=O) groups excluding carboxylic acids is 1. The minimum Gasteiger partial charge on any atom is -0.397 e. The molecule has 0 aliphatic rings. The number of pyridine rings is 1. The summed E-state index contributed by atoms with van der Waals surface area (Å²) in [6.07, 6.45) is 1.52. The summed E-state index contributed by atoms with van der Waals surface area (Å²) in [5, 5.41) is 3.31. The lowest BCUT2D eigenvalue weighted by atomic mass is 10.1. The third-order valence-corrected chi connectivity index (χ3v) is 3.46. The smallest absolute Gasteiger partial charge is 0.257 e. The minimum absolute atomic E-state index is 0.278. The predicted octanol–water partition coefficient (Wildman–Crippen LogP) is 3.64. The first-order valence-electron chi connectivity index (χ1n) is 5.46. The van der Waals surface area contributed by atoms with E-state index in [4.69, 9.17) is 17.3 Å². The number of nitrogens with one attached hydrogen (secondary N) is 1. The maximum Gasteiger partial charge on any atom is 0.257 e. The summed E-state index contributed by atoms with van der Waals surface area (Å²) in [7, 11) is 0. The van der Waals surface area contributed by atoms with Gasteiger partial charge in [0.2, 0.25) is 0 Å². The van der Waals surface area contributed by atoms with E-state index < -0.39 is 0 Å². The molecule has 1 heterocycles. The molecule has 0 spiro atoms. The number of nitrogen functional groups attached to an aromatic ring is 1. The number of hydrogen-bond acceptors (Lipinski definition) is 3. The number of rotatable bonds is 2.